The van der Waals surface area contributed by atoms with Crippen LogP contribution in [0.1, 0.15) is 43.2 Å². The van der Waals surface area contributed by atoms with E-state index in [4.69, 9.17) is 9.84 Å². The van der Waals surface area contributed by atoms with Gasteiger partial charge in [0.2, 0.25) is 5.91 Å². The Morgan fingerprint density at radius 2 is 1.60 bits per heavy atom. The smallest absolute Gasteiger partial charge is 0.407 e. The maximum absolute atomic E-state index is 12.2. The number of ether oxygens (including phenoxy) is 1. The predicted octanol–water partition coefficient (Wildman–Crippen LogP) is 3.28. The van der Waals surface area contributed by atoms with E-state index in [0.717, 1.165) is 11.1 Å². The lowest BCUT2D eigenvalue weighted by Gasteiger charge is -2.17. The molecule has 2 aromatic rings. The molecule has 2 aromatic carbocycles. The highest BCUT2D eigenvalue weighted by Crippen LogP contribution is 2.44. The van der Waals surface area contributed by atoms with Crippen LogP contribution in [-0.4, -0.2) is 42.3 Å². The molecule has 7 nitrogen and oxygen atoms in total. The number of aliphatic carboxylic acids is 1. The van der Waals surface area contributed by atoms with Gasteiger partial charge in [-0.25, -0.2) is 4.79 Å². The van der Waals surface area contributed by atoms with Gasteiger partial charge >= 0.3 is 12.1 Å². The Hall–Kier alpha value is -3.35. The number of hydrogen-bond acceptors (Lipinski definition) is 4. The number of fused-ring (bicyclic) bond motifs is 3. The summed E-state index contributed by atoms with van der Waals surface area (Å²) >= 11 is 0. The van der Waals surface area contributed by atoms with Crippen molar-refractivity contribution in [3.05, 3.63) is 59.7 Å². The van der Waals surface area contributed by atoms with E-state index in [1.54, 1.807) is 6.92 Å². The molecule has 1 atom stereocenters. The minimum absolute atomic E-state index is 0.00704. The number of rotatable bonds is 9. The van der Waals surface area contributed by atoms with Gasteiger partial charge in [0.05, 0.1) is 0 Å². The van der Waals surface area contributed by atoms with Crippen LogP contribution in [0, 0.1) is 0 Å². The summed E-state index contributed by atoms with van der Waals surface area (Å²) in [6.07, 6.45) is -0.148. The molecule has 0 heterocycles. The number of nitrogens with one attached hydrogen (secondary N) is 2. The van der Waals surface area contributed by atoms with Crippen molar-refractivity contribution < 1.29 is 24.2 Å². The Morgan fingerprint density at radius 3 is 2.20 bits per heavy atom. The molecule has 0 aromatic heterocycles. The SMILES string of the molecule is CC(CNC(=O)CCCC(=O)O)NC(=O)OCC1c2ccccc2-c2ccccc21. The summed E-state index contributed by atoms with van der Waals surface area (Å²) in [7, 11) is 0. The molecular weight excluding hydrogens is 384 g/mol. The number of carbonyl (C=O) groups excluding carboxylic acids is 2. The first-order valence-electron chi connectivity index (χ1n) is 10.1. The molecule has 1 unspecified atom stereocenters. The second kappa shape index (κ2) is 9.91. The number of hydrogen-bond donors (Lipinski definition) is 3. The molecule has 0 spiro atoms. The van der Waals surface area contributed by atoms with Crippen LogP contribution in [0.2, 0.25) is 0 Å². The van der Waals surface area contributed by atoms with Gasteiger partial charge in [-0.2, -0.15) is 0 Å². The zero-order valence-electron chi connectivity index (χ0n) is 16.9. The van der Waals surface area contributed by atoms with Crippen molar-refractivity contribution in [2.45, 2.75) is 38.1 Å². The van der Waals surface area contributed by atoms with Crippen LogP contribution in [0.15, 0.2) is 48.5 Å². The van der Waals surface area contributed by atoms with E-state index in [1.807, 2.05) is 24.3 Å². The quantitative estimate of drug-likeness (QED) is 0.588. The maximum atomic E-state index is 12.2. The highest BCUT2D eigenvalue weighted by atomic mass is 16.5. The van der Waals surface area contributed by atoms with Crippen molar-refractivity contribution in [3.8, 4) is 11.1 Å². The molecule has 0 saturated heterocycles. The molecule has 30 heavy (non-hydrogen) atoms. The van der Waals surface area contributed by atoms with E-state index < -0.39 is 12.1 Å². The van der Waals surface area contributed by atoms with Crippen molar-refractivity contribution >= 4 is 18.0 Å². The van der Waals surface area contributed by atoms with Gasteiger partial charge in [0.1, 0.15) is 6.61 Å². The molecule has 3 N–H and O–H groups in total. The molecule has 1 aliphatic rings. The van der Waals surface area contributed by atoms with E-state index in [0.29, 0.717) is 0 Å². The summed E-state index contributed by atoms with van der Waals surface area (Å²) in [5, 5.41) is 14.0. The first kappa shape index (κ1) is 21.4. The van der Waals surface area contributed by atoms with Crippen molar-refractivity contribution in [2.75, 3.05) is 13.2 Å². The Labute approximate surface area is 175 Å². The molecule has 0 radical (unpaired) electrons. The number of alkyl carbamates (subject to hydrolysis) is 1. The van der Waals surface area contributed by atoms with Crippen LogP contribution in [0.5, 0.6) is 0 Å². The van der Waals surface area contributed by atoms with Gasteiger partial charge in [0.25, 0.3) is 0 Å². The van der Waals surface area contributed by atoms with E-state index in [1.165, 1.54) is 11.1 Å². The van der Waals surface area contributed by atoms with Gasteiger partial charge in [0.15, 0.2) is 0 Å². The second-order valence-corrected chi connectivity index (χ2v) is 7.42. The van der Waals surface area contributed by atoms with Gasteiger partial charge in [-0.05, 0) is 35.6 Å². The molecule has 0 saturated carbocycles. The summed E-state index contributed by atoms with van der Waals surface area (Å²) in [5.41, 5.74) is 4.63. The molecule has 0 bridgehead atoms. The second-order valence-electron chi connectivity index (χ2n) is 7.42. The topological polar surface area (TPSA) is 105 Å². The molecule has 7 heteroatoms. The van der Waals surface area contributed by atoms with Crippen LogP contribution < -0.4 is 10.6 Å². The van der Waals surface area contributed by atoms with Crippen molar-refractivity contribution in [2.24, 2.45) is 0 Å². The van der Waals surface area contributed by atoms with Crippen molar-refractivity contribution in [3.63, 3.8) is 0 Å². The maximum Gasteiger partial charge on any atom is 0.407 e. The van der Waals surface area contributed by atoms with Gasteiger partial charge in [-0.1, -0.05) is 48.5 Å². The first-order chi connectivity index (χ1) is 14.5. The number of carbonyl (C=O) groups is 3. The van der Waals surface area contributed by atoms with E-state index >= 15 is 0 Å². The average molecular weight is 410 g/mol. The summed E-state index contributed by atoms with van der Waals surface area (Å²) in [5.74, 6) is -1.17. The lowest BCUT2D eigenvalue weighted by atomic mass is 9.98. The standard InChI is InChI=1S/C23H26N2O5/c1-15(13-24-21(26)11-6-12-22(27)28)25-23(29)30-14-20-18-9-4-2-7-16(18)17-8-3-5-10-19(17)20/h2-5,7-10,15,20H,6,11-14H2,1H3,(H,24,26)(H,25,29)(H,27,28). The van der Waals surface area contributed by atoms with Crippen molar-refractivity contribution in [1.29, 1.82) is 0 Å². The number of benzene rings is 2. The monoisotopic (exact) mass is 410 g/mol. The minimum Gasteiger partial charge on any atom is -0.481 e. The van der Waals surface area contributed by atoms with Crippen molar-refractivity contribution in [1.82, 2.24) is 10.6 Å². The fraction of sp³-hybridized carbons (Fsp3) is 0.348. The number of carboxylic acids is 1. The third-order valence-corrected chi connectivity index (χ3v) is 5.11. The van der Waals surface area contributed by atoms with Crippen LogP contribution in [0.3, 0.4) is 0 Å². The summed E-state index contributed by atoms with van der Waals surface area (Å²) < 4.78 is 5.48. The number of amides is 2. The highest BCUT2D eigenvalue weighted by molar-refractivity contribution is 5.79. The zero-order chi connectivity index (χ0) is 21.5. The molecule has 2 amide bonds. The molecular formula is C23H26N2O5. The molecule has 0 aliphatic heterocycles. The highest BCUT2D eigenvalue weighted by Gasteiger charge is 2.29. The summed E-state index contributed by atoms with van der Waals surface area (Å²) in [6.45, 7) is 2.24. The first-order valence-corrected chi connectivity index (χ1v) is 10.1. The largest absolute Gasteiger partial charge is 0.481 e. The molecule has 0 fully saturated rings. The normalized spacial score (nSPS) is 13.1. The predicted molar refractivity (Wildman–Crippen MR) is 112 cm³/mol. The lowest BCUT2D eigenvalue weighted by Crippen LogP contribution is -2.42. The van der Waals surface area contributed by atoms with Crippen LogP contribution in [0.25, 0.3) is 11.1 Å². The van der Waals surface area contributed by atoms with Crippen LogP contribution in [-0.2, 0) is 14.3 Å². The third-order valence-electron chi connectivity index (χ3n) is 5.11. The van der Waals surface area contributed by atoms with Crippen LogP contribution >= 0.6 is 0 Å². The fourth-order valence-electron chi connectivity index (χ4n) is 3.65. The molecule has 3 rings (SSSR count). The third kappa shape index (κ3) is 5.37. The van der Waals surface area contributed by atoms with E-state index in [-0.39, 0.29) is 50.3 Å². The van der Waals surface area contributed by atoms with Crippen LogP contribution in [0.4, 0.5) is 4.79 Å². The Bertz CT molecular complexity index is 882. The molecule has 158 valence electrons. The van der Waals surface area contributed by atoms with E-state index in [2.05, 4.69) is 34.9 Å². The summed E-state index contributed by atoms with van der Waals surface area (Å²) in [6, 6.07) is 15.9. The minimum atomic E-state index is -0.923. The van der Waals surface area contributed by atoms with Gasteiger partial charge in [-0.15, -0.1) is 0 Å². The van der Waals surface area contributed by atoms with Gasteiger partial charge in [-0.3, -0.25) is 9.59 Å². The fourth-order valence-corrected chi connectivity index (χ4v) is 3.65. The summed E-state index contributed by atoms with van der Waals surface area (Å²) in [4.78, 5) is 34.4. The zero-order valence-corrected chi connectivity index (χ0v) is 16.9. The Morgan fingerprint density at radius 1 is 1.00 bits per heavy atom. The average Bonchev–Trinajstić information content (AvgIpc) is 3.04. The molecule has 1 aliphatic carbocycles. The van der Waals surface area contributed by atoms with Gasteiger partial charge < -0.3 is 20.5 Å². The van der Waals surface area contributed by atoms with Gasteiger partial charge in [0, 0.05) is 31.3 Å². The Balaban J connectivity index is 1.46. The van der Waals surface area contributed by atoms with E-state index in [9.17, 15) is 14.4 Å². The Kier molecular flexibility index (Phi) is 7.06. The number of carboxylic acid groups (broad SMARTS) is 1. The lowest BCUT2D eigenvalue weighted by molar-refractivity contribution is -0.137.